The lowest BCUT2D eigenvalue weighted by atomic mass is 9.95. The molecule has 0 heterocycles. The van der Waals surface area contributed by atoms with E-state index >= 15 is 0 Å². The number of benzene rings is 2. The van der Waals surface area contributed by atoms with Crippen LogP contribution in [-0.4, -0.2) is 11.2 Å². The first kappa shape index (κ1) is 19.8. The van der Waals surface area contributed by atoms with Gasteiger partial charge >= 0.3 is 6.18 Å². The smallest absolute Gasteiger partial charge is 0.391 e. The molecule has 0 unspecified atom stereocenters. The molecule has 126 valence electrons. The largest absolute Gasteiger partial charge is 0.417 e. The van der Waals surface area contributed by atoms with Crippen LogP contribution in [0.1, 0.15) is 22.7 Å². The number of halogens is 5. The molecule has 0 aliphatic carbocycles. The molecular weight excluding hydrogens is 350 g/mol. The molecule has 3 N–H and O–H groups in total. The molecule has 0 aromatic heterocycles. The highest BCUT2D eigenvalue weighted by Crippen LogP contribution is 2.36. The highest BCUT2D eigenvalue weighted by molar-refractivity contribution is 6.31. The minimum atomic E-state index is -4.56. The van der Waals surface area contributed by atoms with E-state index in [1.807, 2.05) is 30.3 Å². The van der Waals surface area contributed by atoms with Gasteiger partial charge in [0.05, 0.1) is 22.7 Å². The molecule has 7 heteroatoms. The fraction of sp³-hybridized carbons (Fsp3) is 0.250. The van der Waals surface area contributed by atoms with E-state index in [1.165, 1.54) is 6.07 Å². The first-order valence-corrected chi connectivity index (χ1v) is 7.01. The number of hydrogen-bond donors (Lipinski definition) is 2. The number of aliphatic hydroxyl groups excluding tert-OH is 1. The predicted molar refractivity (Wildman–Crippen MR) is 86.8 cm³/mol. The molecule has 0 aliphatic heterocycles. The van der Waals surface area contributed by atoms with Crippen LogP contribution in [0.3, 0.4) is 0 Å². The van der Waals surface area contributed by atoms with Crippen LogP contribution in [-0.2, 0) is 12.6 Å². The van der Waals surface area contributed by atoms with Gasteiger partial charge in [-0.1, -0.05) is 48.0 Å². The van der Waals surface area contributed by atoms with Crippen molar-refractivity contribution in [1.29, 1.82) is 0 Å². The van der Waals surface area contributed by atoms with E-state index in [0.717, 1.165) is 17.7 Å². The van der Waals surface area contributed by atoms with Crippen molar-refractivity contribution < 1.29 is 18.3 Å². The Labute approximate surface area is 143 Å². The Morgan fingerprint density at radius 2 is 1.70 bits per heavy atom. The van der Waals surface area contributed by atoms with Crippen molar-refractivity contribution in [2.45, 2.75) is 24.7 Å². The molecule has 0 aliphatic rings. The van der Waals surface area contributed by atoms with Gasteiger partial charge in [0.1, 0.15) is 0 Å². The minimum Gasteiger partial charge on any atom is -0.391 e. The molecule has 2 nitrogen and oxygen atoms in total. The summed E-state index contributed by atoms with van der Waals surface area (Å²) in [6.07, 6.45) is -5.30. The maximum Gasteiger partial charge on any atom is 0.417 e. The molecule has 2 aromatic carbocycles. The molecule has 2 atom stereocenters. The Morgan fingerprint density at radius 1 is 1.09 bits per heavy atom. The topological polar surface area (TPSA) is 46.2 Å². The second-order valence-electron chi connectivity index (χ2n) is 5.02. The Balaban J connectivity index is 0.00000264. The van der Waals surface area contributed by atoms with E-state index in [0.29, 0.717) is 0 Å². The van der Waals surface area contributed by atoms with Gasteiger partial charge in [0.15, 0.2) is 0 Å². The quantitative estimate of drug-likeness (QED) is 0.844. The van der Waals surface area contributed by atoms with Crippen molar-refractivity contribution in [1.82, 2.24) is 0 Å². The molecular formula is C16H16Cl2F3NO. The van der Waals surface area contributed by atoms with Gasteiger partial charge in [0.25, 0.3) is 0 Å². The van der Waals surface area contributed by atoms with Crippen molar-refractivity contribution in [2.75, 3.05) is 0 Å². The van der Waals surface area contributed by atoms with Crippen LogP contribution < -0.4 is 5.73 Å². The monoisotopic (exact) mass is 365 g/mol. The first-order valence-electron chi connectivity index (χ1n) is 6.63. The maximum atomic E-state index is 12.9. The normalized spacial score (nSPS) is 14.0. The van der Waals surface area contributed by atoms with Crippen molar-refractivity contribution in [3.05, 3.63) is 70.2 Å². The van der Waals surface area contributed by atoms with Crippen LogP contribution in [0.25, 0.3) is 0 Å². The summed E-state index contributed by atoms with van der Waals surface area (Å²) in [5.41, 5.74) is 5.99. The highest BCUT2D eigenvalue weighted by atomic mass is 35.5. The SMILES string of the molecule is Cl.N[C@@H](c1ccc(Cl)c(C(F)(F)F)c1)[C@H](O)Cc1ccccc1. The van der Waals surface area contributed by atoms with E-state index < -0.39 is 23.9 Å². The predicted octanol–water partition coefficient (Wildman–Crippen LogP) is 4.38. The van der Waals surface area contributed by atoms with Crippen LogP contribution in [0, 0.1) is 0 Å². The third-order valence-electron chi connectivity index (χ3n) is 3.38. The molecule has 0 spiro atoms. The van der Waals surface area contributed by atoms with Gasteiger partial charge in [-0.2, -0.15) is 13.2 Å². The fourth-order valence-electron chi connectivity index (χ4n) is 2.17. The molecule has 0 amide bonds. The van der Waals surface area contributed by atoms with E-state index in [-0.39, 0.29) is 29.4 Å². The van der Waals surface area contributed by atoms with Gasteiger partial charge < -0.3 is 10.8 Å². The van der Waals surface area contributed by atoms with Gasteiger partial charge in [-0.25, -0.2) is 0 Å². The number of aliphatic hydroxyl groups is 1. The van der Waals surface area contributed by atoms with E-state index in [2.05, 4.69) is 0 Å². The molecule has 23 heavy (non-hydrogen) atoms. The molecule has 0 bridgehead atoms. The molecule has 2 rings (SSSR count). The van der Waals surface area contributed by atoms with Crippen molar-refractivity contribution in [3.63, 3.8) is 0 Å². The zero-order valence-corrected chi connectivity index (χ0v) is 13.5. The van der Waals surface area contributed by atoms with Crippen LogP contribution in [0.15, 0.2) is 48.5 Å². The van der Waals surface area contributed by atoms with Crippen molar-refractivity contribution in [2.24, 2.45) is 5.73 Å². The lowest BCUT2D eigenvalue weighted by Gasteiger charge is -2.21. The summed E-state index contributed by atoms with van der Waals surface area (Å²) in [6, 6.07) is 11.6. The second-order valence-corrected chi connectivity index (χ2v) is 5.43. The van der Waals surface area contributed by atoms with Gasteiger partial charge in [0.2, 0.25) is 0 Å². The summed E-state index contributed by atoms with van der Waals surface area (Å²) in [5.74, 6) is 0. The first-order chi connectivity index (χ1) is 10.3. The maximum absolute atomic E-state index is 12.9. The molecule has 0 saturated carbocycles. The van der Waals surface area contributed by atoms with Crippen molar-refractivity contribution >= 4 is 24.0 Å². The van der Waals surface area contributed by atoms with Gasteiger partial charge in [0, 0.05) is 6.42 Å². The van der Waals surface area contributed by atoms with Crippen LogP contribution in [0.5, 0.6) is 0 Å². The molecule has 0 saturated heterocycles. The molecule has 0 radical (unpaired) electrons. The zero-order chi connectivity index (χ0) is 16.3. The summed E-state index contributed by atoms with van der Waals surface area (Å²) in [5, 5.41) is 9.76. The summed E-state index contributed by atoms with van der Waals surface area (Å²) in [7, 11) is 0. The third kappa shape index (κ3) is 5.11. The van der Waals surface area contributed by atoms with Gasteiger partial charge in [-0.05, 0) is 23.3 Å². The van der Waals surface area contributed by atoms with Crippen LogP contribution in [0.2, 0.25) is 5.02 Å². The van der Waals surface area contributed by atoms with Crippen molar-refractivity contribution in [3.8, 4) is 0 Å². The lowest BCUT2D eigenvalue weighted by molar-refractivity contribution is -0.137. The minimum absolute atomic E-state index is 0. The van der Waals surface area contributed by atoms with Crippen LogP contribution in [0.4, 0.5) is 13.2 Å². The van der Waals surface area contributed by atoms with E-state index in [4.69, 9.17) is 17.3 Å². The second kappa shape index (κ2) is 8.02. The summed E-state index contributed by atoms with van der Waals surface area (Å²) >= 11 is 5.57. The number of rotatable bonds is 4. The third-order valence-corrected chi connectivity index (χ3v) is 3.71. The van der Waals surface area contributed by atoms with Gasteiger partial charge in [-0.3, -0.25) is 0 Å². The highest BCUT2D eigenvalue weighted by Gasteiger charge is 2.34. The molecule has 0 fully saturated rings. The number of alkyl halides is 3. The lowest BCUT2D eigenvalue weighted by Crippen LogP contribution is -2.28. The van der Waals surface area contributed by atoms with Gasteiger partial charge in [-0.15, -0.1) is 12.4 Å². The Bertz CT molecular complexity index is 635. The summed E-state index contributed by atoms with van der Waals surface area (Å²) in [6.45, 7) is 0. The average molecular weight is 366 g/mol. The van der Waals surface area contributed by atoms with E-state index in [9.17, 15) is 18.3 Å². The number of hydrogen-bond acceptors (Lipinski definition) is 2. The Kier molecular flexibility index (Phi) is 6.89. The summed E-state index contributed by atoms with van der Waals surface area (Å²) < 4.78 is 38.6. The Hall–Kier alpha value is -1.27. The average Bonchev–Trinajstić information content (AvgIpc) is 2.47. The van der Waals surface area contributed by atoms with E-state index in [1.54, 1.807) is 0 Å². The molecule has 2 aromatic rings. The van der Waals surface area contributed by atoms with Crippen LogP contribution >= 0.6 is 24.0 Å². The fourth-order valence-corrected chi connectivity index (χ4v) is 2.40. The Morgan fingerprint density at radius 3 is 2.26 bits per heavy atom. The standard InChI is InChI=1S/C16H15ClF3NO.ClH/c17-13-7-6-11(9-12(13)16(18,19)20)15(21)14(22)8-10-4-2-1-3-5-10;/h1-7,9,14-15,22H,8,21H2;1H/t14-,15+;/m1./s1. The zero-order valence-electron chi connectivity index (χ0n) is 11.9. The number of nitrogens with two attached hydrogens (primary N) is 1. The summed E-state index contributed by atoms with van der Waals surface area (Å²) in [4.78, 5) is 0.